The van der Waals surface area contributed by atoms with Crippen LogP contribution in [0.4, 0.5) is 0 Å². The quantitative estimate of drug-likeness (QED) is 0.768. The van der Waals surface area contributed by atoms with Gasteiger partial charge in [0.15, 0.2) is 0 Å². The van der Waals surface area contributed by atoms with Gasteiger partial charge in [-0.2, -0.15) is 0 Å². The second-order valence-electron chi connectivity index (χ2n) is 8.76. The van der Waals surface area contributed by atoms with Crippen LogP contribution in [0.5, 0.6) is 0 Å². The number of benzene rings is 1. The largest absolute Gasteiger partial charge is 0.481 e. The van der Waals surface area contributed by atoms with Crippen LogP contribution in [0.3, 0.4) is 0 Å². The maximum Gasteiger partial charge on any atom is 0.308 e. The second-order valence-corrected chi connectivity index (χ2v) is 8.76. The summed E-state index contributed by atoms with van der Waals surface area (Å²) in [4.78, 5) is 26.3. The predicted octanol–water partition coefficient (Wildman–Crippen LogP) is 3.56. The Hall–Kier alpha value is -1.88. The van der Waals surface area contributed by atoms with Crippen molar-refractivity contribution >= 4 is 11.9 Å². The van der Waals surface area contributed by atoms with Gasteiger partial charge in [0.2, 0.25) is 5.91 Å². The minimum Gasteiger partial charge on any atom is -0.481 e. The monoisotopic (exact) mass is 372 g/mol. The van der Waals surface area contributed by atoms with Crippen molar-refractivity contribution in [3.8, 4) is 0 Å². The minimum absolute atomic E-state index is 0.00965. The van der Waals surface area contributed by atoms with Gasteiger partial charge in [0, 0.05) is 12.1 Å². The van der Waals surface area contributed by atoms with E-state index < -0.39 is 5.97 Å². The topological polar surface area (TPSA) is 69.6 Å². The van der Waals surface area contributed by atoms with E-state index in [0.29, 0.717) is 18.9 Å². The van der Waals surface area contributed by atoms with Gasteiger partial charge in [-0.05, 0) is 42.2 Å². The number of carboxylic acid groups (broad SMARTS) is 1. The van der Waals surface area contributed by atoms with Crippen LogP contribution in [0.15, 0.2) is 24.3 Å². The molecule has 0 aliphatic carbocycles. The van der Waals surface area contributed by atoms with Crippen molar-refractivity contribution in [1.29, 1.82) is 0 Å². The molecule has 3 rings (SSSR count). The molecule has 4 unspecified atom stereocenters. The molecule has 2 aliphatic rings. The first-order chi connectivity index (χ1) is 12.8. The smallest absolute Gasteiger partial charge is 0.308 e. The average Bonchev–Trinajstić information content (AvgIpc) is 3.16. The fraction of sp³-hybridized carbons (Fsp3) is 0.636. The zero-order valence-electron chi connectivity index (χ0n) is 16.8. The second kappa shape index (κ2) is 8.01. The molecule has 0 aromatic heterocycles. The van der Waals surface area contributed by atoms with Crippen molar-refractivity contribution in [2.45, 2.75) is 71.0 Å². The van der Waals surface area contributed by atoms with E-state index >= 15 is 0 Å². The predicted molar refractivity (Wildman–Crippen MR) is 106 cm³/mol. The molecule has 27 heavy (non-hydrogen) atoms. The van der Waals surface area contributed by atoms with E-state index in [4.69, 9.17) is 0 Å². The third-order valence-electron chi connectivity index (χ3n) is 6.27. The maximum atomic E-state index is 12.8. The summed E-state index contributed by atoms with van der Waals surface area (Å²) in [6.07, 6.45) is 2.57. The summed E-state index contributed by atoms with van der Waals surface area (Å²) < 4.78 is 0. The van der Waals surface area contributed by atoms with Crippen molar-refractivity contribution in [1.82, 2.24) is 10.2 Å². The Balaban J connectivity index is 1.65. The molecule has 1 amide bonds. The van der Waals surface area contributed by atoms with Gasteiger partial charge >= 0.3 is 5.97 Å². The Kier molecular flexibility index (Phi) is 5.89. The van der Waals surface area contributed by atoms with Crippen molar-refractivity contribution in [2.24, 2.45) is 11.8 Å². The maximum absolute atomic E-state index is 12.8. The summed E-state index contributed by atoms with van der Waals surface area (Å²) in [6, 6.07) is 8.72. The van der Waals surface area contributed by atoms with E-state index in [1.54, 1.807) is 0 Å². The van der Waals surface area contributed by atoms with E-state index in [1.807, 2.05) is 0 Å². The first-order valence-electron chi connectivity index (χ1n) is 10.2. The molecule has 5 heteroatoms. The summed E-state index contributed by atoms with van der Waals surface area (Å²) in [5.74, 6) is -0.289. The zero-order chi connectivity index (χ0) is 19.7. The standard InChI is InChI=1S/C22H32N2O3/c1-13(2)15-5-7-16(8-6-15)21(14(3)4)23-20(25)12-24-17-9-10-19(24)18(11-17)22(26)27/h5-8,13-14,17-19,21H,9-12H2,1-4H3,(H,23,25)(H,26,27). The molecule has 2 heterocycles. The Morgan fingerprint density at radius 1 is 1.11 bits per heavy atom. The van der Waals surface area contributed by atoms with Gasteiger partial charge in [-0.15, -0.1) is 0 Å². The van der Waals surface area contributed by atoms with Gasteiger partial charge < -0.3 is 10.4 Å². The van der Waals surface area contributed by atoms with Crippen LogP contribution in [0.2, 0.25) is 0 Å². The molecule has 4 atom stereocenters. The van der Waals surface area contributed by atoms with E-state index in [0.717, 1.165) is 18.4 Å². The van der Waals surface area contributed by atoms with Crippen molar-refractivity contribution in [3.63, 3.8) is 0 Å². The number of nitrogens with one attached hydrogen (secondary N) is 1. The van der Waals surface area contributed by atoms with E-state index in [9.17, 15) is 14.7 Å². The lowest BCUT2D eigenvalue weighted by Gasteiger charge is -2.27. The number of hydrogen-bond acceptors (Lipinski definition) is 3. The lowest BCUT2D eigenvalue weighted by Crippen LogP contribution is -2.43. The summed E-state index contributed by atoms with van der Waals surface area (Å²) in [5, 5.41) is 12.6. The zero-order valence-corrected chi connectivity index (χ0v) is 16.8. The van der Waals surface area contributed by atoms with Crippen molar-refractivity contribution in [2.75, 3.05) is 6.54 Å². The molecule has 0 radical (unpaired) electrons. The highest BCUT2D eigenvalue weighted by Gasteiger charge is 2.49. The summed E-state index contributed by atoms with van der Waals surface area (Å²) in [6.45, 7) is 8.87. The fourth-order valence-electron chi connectivity index (χ4n) is 4.72. The van der Waals surface area contributed by atoms with Gasteiger partial charge in [-0.3, -0.25) is 14.5 Å². The SMILES string of the molecule is CC(C)c1ccc(C(NC(=O)CN2C3CCC2C(C(=O)O)C3)C(C)C)cc1. The molecule has 2 saturated heterocycles. The van der Waals surface area contributed by atoms with Crippen molar-refractivity contribution in [3.05, 3.63) is 35.4 Å². The number of carbonyl (C=O) groups is 2. The first-order valence-corrected chi connectivity index (χ1v) is 10.2. The van der Waals surface area contributed by atoms with Crippen LogP contribution in [0.25, 0.3) is 0 Å². The molecule has 2 fully saturated rings. The summed E-state index contributed by atoms with van der Waals surface area (Å²) in [7, 11) is 0. The van der Waals surface area contributed by atoms with Gasteiger partial charge in [0.05, 0.1) is 18.5 Å². The van der Waals surface area contributed by atoms with Gasteiger partial charge in [0.25, 0.3) is 0 Å². The highest BCUT2D eigenvalue weighted by molar-refractivity contribution is 5.79. The lowest BCUT2D eigenvalue weighted by molar-refractivity contribution is -0.143. The molecular formula is C22H32N2O3. The third kappa shape index (κ3) is 4.18. The number of rotatable bonds is 7. The molecule has 2 N–H and O–H groups in total. The minimum atomic E-state index is -0.724. The number of nitrogens with zero attached hydrogens (tertiary/aromatic N) is 1. The van der Waals surface area contributed by atoms with Crippen LogP contribution >= 0.6 is 0 Å². The van der Waals surface area contributed by atoms with Crippen LogP contribution in [0.1, 0.15) is 70.0 Å². The molecule has 1 aromatic carbocycles. The Bertz CT molecular complexity index is 683. The normalized spacial score (nSPS) is 25.9. The number of amides is 1. The fourth-order valence-corrected chi connectivity index (χ4v) is 4.72. The average molecular weight is 373 g/mol. The Labute approximate surface area is 162 Å². The highest BCUT2D eigenvalue weighted by Crippen LogP contribution is 2.41. The van der Waals surface area contributed by atoms with E-state index in [2.05, 4.69) is 62.2 Å². The summed E-state index contributed by atoms with van der Waals surface area (Å²) >= 11 is 0. The van der Waals surface area contributed by atoms with E-state index in [1.165, 1.54) is 5.56 Å². The molecule has 2 bridgehead atoms. The molecule has 0 spiro atoms. The number of fused-ring (bicyclic) bond motifs is 2. The van der Waals surface area contributed by atoms with E-state index in [-0.39, 0.29) is 35.9 Å². The highest BCUT2D eigenvalue weighted by atomic mass is 16.4. The van der Waals surface area contributed by atoms with Gasteiger partial charge in [-0.25, -0.2) is 0 Å². The first kappa shape index (κ1) is 19.9. The van der Waals surface area contributed by atoms with Crippen molar-refractivity contribution < 1.29 is 14.7 Å². The molecule has 148 valence electrons. The third-order valence-corrected chi connectivity index (χ3v) is 6.27. The van der Waals surface area contributed by atoms with Crippen LogP contribution in [-0.2, 0) is 9.59 Å². The molecular weight excluding hydrogens is 340 g/mol. The Morgan fingerprint density at radius 2 is 1.74 bits per heavy atom. The molecule has 0 saturated carbocycles. The van der Waals surface area contributed by atoms with Crippen LogP contribution < -0.4 is 5.32 Å². The van der Waals surface area contributed by atoms with Gasteiger partial charge in [0.1, 0.15) is 0 Å². The molecule has 2 aliphatic heterocycles. The van der Waals surface area contributed by atoms with Crippen LogP contribution in [-0.4, -0.2) is 40.5 Å². The molecule has 1 aromatic rings. The number of carboxylic acids is 1. The van der Waals surface area contributed by atoms with Crippen LogP contribution in [0, 0.1) is 11.8 Å². The number of aliphatic carboxylic acids is 1. The molecule has 5 nitrogen and oxygen atoms in total. The number of carbonyl (C=O) groups excluding carboxylic acids is 1. The van der Waals surface area contributed by atoms with Gasteiger partial charge in [-0.1, -0.05) is 52.0 Å². The number of hydrogen-bond donors (Lipinski definition) is 2. The Morgan fingerprint density at radius 3 is 2.26 bits per heavy atom. The lowest BCUT2D eigenvalue weighted by atomic mass is 9.89. The summed E-state index contributed by atoms with van der Waals surface area (Å²) in [5.41, 5.74) is 2.41.